The molecule has 5 rings (SSSR count). The molecule has 2 unspecified atom stereocenters. The van der Waals surface area contributed by atoms with Crippen molar-refractivity contribution in [1.29, 1.82) is 0 Å². The fraction of sp³-hybridized carbons (Fsp3) is 0.350. The van der Waals surface area contributed by atoms with Gasteiger partial charge in [0.2, 0.25) is 5.69 Å². The van der Waals surface area contributed by atoms with Gasteiger partial charge in [0, 0.05) is 17.4 Å². The number of benzene rings is 1. The van der Waals surface area contributed by atoms with Crippen molar-refractivity contribution in [3.63, 3.8) is 0 Å². The van der Waals surface area contributed by atoms with Gasteiger partial charge in [-0.15, -0.1) is 39.5 Å². The zero-order chi connectivity index (χ0) is 23.8. The number of aromatic nitrogens is 5. The van der Waals surface area contributed by atoms with Crippen LogP contribution in [0.5, 0.6) is 0 Å². The van der Waals surface area contributed by atoms with Gasteiger partial charge in [0.05, 0.1) is 35.1 Å². The summed E-state index contributed by atoms with van der Waals surface area (Å²) >= 11 is 10.0. The topological polar surface area (TPSA) is 120 Å². The highest BCUT2D eigenvalue weighted by Gasteiger charge is 2.47. The maximum absolute atomic E-state index is 11.0. The zero-order valence-corrected chi connectivity index (χ0v) is 20.7. The van der Waals surface area contributed by atoms with Crippen molar-refractivity contribution in [2.45, 2.75) is 34.7 Å². The number of hydrogen-bond donors (Lipinski definition) is 2. The summed E-state index contributed by atoms with van der Waals surface area (Å²) in [4.78, 5) is 12.8. The Morgan fingerprint density at radius 2 is 2.24 bits per heavy atom. The molecule has 0 saturated carbocycles. The largest absolute Gasteiger partial charge is 0.394 e. The highest BCUT2D eigenvalue weighted by Crippen LogP contribution is 2.43. The van der Waals surface area contributed by atoms with Gasteiger partial charge in [0.15, 0.2) is 0 Å². The van der Waals surface area contributed by atoms with Crippen LogP contribution in [0.1, 0.15) is 6.04 Å². The van der Waals surface area contributed by atoms with Crippen molar-refractivity contribution in [3.05, 3.63) is 45.8 Å². The van der Waals surface area contributed by atoms with Crippen molar-refractivity contribution in [2.24, 2.45) is 0 Å². The van der Waals surface area contributed by atoms with Gasteiger partial charge in [0.25, 0.3) is 0 Å². The fourth-order valence-electron chi connectivity index (χ4n) is 3.78. The molecule has 1 saturated heterocycles. The van der Waals surface area contributed by atoms with E-state index in [1.165, 1.54) is 46.2 Å². The van der Waals surface area contributed by atoms with E-state index in [9.17, 15) is 10.2 Å². The number of thioether (sulfide) groups is 1. The van der Waals surface area contributed by atoms with Crippen LogP contribution >= 0.6 is 46.0 Å². The molecule has 0 spiro atoms. The second-order valence-corrected chi connectivity index (χ2v) is 10.6. The summed E-state index contributed by atoms with van der Waals surface area (Å²) < 4.78 is 14.2. The van der Waals surface area contributed by atoms with Crippen molar-refractivity contribution in [2.75, 3.05) is 13.7 Å². The molecule has 0 bridgehead atoms. The van der Waals surface area contributed by atoms with Gasteiger partial charge < -0.3 is 19.7 Å². The molecule has 1 aromatic carbocycles. The van der Waals surface area contributed by atoms with Crippen LogP contribution in [0.4, 0.5) is 5.69 Å². The summed E-state index contributed by atoms with van der Waals surface area (Å²) in [5.74, 6) is 0. The van der Waals surface area contributed by atoms with Gasteiger partial charge in [-0.05, 0) is 12.1 Å². The van der Waals surface area contributed by atoms with Gasteiger partial charge in [0.1, 0.15) is 45.6 Å². The monoisotopic (exact) mass is 536 g/mol. The molecule has 1 fully saturated rings. The van der Waals surface area contributed by atoms with E-state index in [0.717, 1.165) is 10.2 Å². The molecule has 4 aromatic rings. The van der Waals surface area contributed by atoms with Gasteiger partial charge in [-0.25, -0.2) is 19.5 Å². The van der Waals surface area contributed by atoms with Crippen LogP contribution in [-0.4, -0.2) is 72.6 Å². The van der Waals surface area contributed by atoms with E-state index in [2.05, 4.69) is 25.1 Å². The van der Waals surface area contributed by atoms with E-state index in [4.69, 9.17) is 27.6 Å². The lowest BCUT2D eigenvalue weighted by Gasteiger charge is -2.43. The molecule has 3 aromatic heterocycles. The Morgan fingerprint density at radius 3 is 2.94 bits per heavy atom. The van der Waals surface area contributed by atoms with Gasteiger partial charge in [-0.2, -0.15) is 0 Å². The maximum atomic E-state index is 11.0. The quantitative estimate of drug-likeness (QED) is 0.356. The summed E-state index contributed by atoms with van der Waals surface area (Å²) in [5, 5.41) is 31.9. The SMILES string of the molecule is [C-]#[N+]c1cc2ncsc2cc1S[C@H]1OC(CO)[C@H](O)[C@H](n2cc(-c3nc(Cl)cs3)nn2)C1OC. The molecule has 0 aliphatic carbocycles. The molecule has 1 aliphatic heterocycles. The first kappa shape index (κ1) is 23.6. The highest BCUT2D eigenvalue weighted by atomic mass is 35.5. The second kappa shape index (κ2) is 9.84. The lowest BCUT2D eigenvalue weighted by molar-refractivity contribution is -0.186. The van der Waals surface area contributed by atoms with Crippen molar-refractivity contribution < 1.29 is 19.7 Å². The Hall–Kier alpha value is -2.15. The molecular weight excluding hydrogens is 520 g/mol. The molecule has 0 amide bonds. The summed E-state index contributed by atoms with van der Waals surface area (Å²) in [6, 6.07) is 2.92. The molecule has 176 valence electrons. The molecule has 1 aliphatic rings. The minimum Gasteiger partial charge on any atom is -0.394 e. The van der Waals surface area contributed by atoms with E-state index < -0.39 is 36.4 Å². The minimum absolute atomic E-state index is 0.362. The first-order valence-corrected chi connectivity index (χ1v) is 13.0. The van der Waals surface area contributed by atoms with E-state index in [0.29, 0.717) is 26.4 Å². The summed E-state index contributed by atoms with van der Waals surface area (Å²) in [7, 11) is 1.52. The van der Waals surface area contributed by atoms with Crippen molar-refractivity contribution in [3.8, 4) is 10.7 Å². The van der Waals surface area contributed by atoms with Crippen LogP contribution in [-0.2, 0) is 9.47 Å². The third-order valence-electron chi connectivity index (χ3n) is 5.38. The van der Waals surface area contributed by atoms with E-state index in [1.807, 2.05) is 6.07 Å². The number of aliphatic hydroxyl groups excluding tert-OH is 2. The number of halogens is 1. The van der Waals surface area contributed by atoms with Gasteiger partial charge in [-0.1, -0.05) is 16.8 Å². The average molecular weight is 537 g/mol. The third kappa shape index (κ3) is 4.32. The van der Waals surface area contributed by atoms with Crippen LogP contribution in [0.2, 0.25) is 5.15 Å². The lowest BCUT2D eigenvalue weighted by atomic mass is 9.97. The van der Waals surface area contributed by atoms with E-state index >= 15 is 0 Å². The first-order valence-electron chi connectivity index (χ1n) is 9.94. The molecule has 5 atom stereocenters. The Kier molecular flexibility index (Phi) is 6.83. The first-order chi connectivity index (χ1) is 16.5. The van der Waals surface area contributed by atoms with Crippen LogP contribution < -0.4 is 0 Å². The molecule has 34 heavy (non-hydrogen) atoms. The lowest BCUT2D eigenvalue weighted by Crippen LogP contribution is -2.55. The normalized spacial score (nSPS) is 25.0. The Morgan fingerprint density at radius 1 is 1.38 bits per heavy atom. The van der Waals surface area contributed by atoms with Gasteiger partial charge >= 0.3 is 0 Å². The summed E-state index contributed by atoms with van der Waals surface area (Å²) in [6.07, 6.45) is -1.03. The minimum atomic E-state index is -1.12. The number of thiazole rings is 2. The predicted octanol–water partition coefficient (Wildman–Crippen LogP) is 3.64. The predicted molar refractivity (Wildman–Crippen MR) is 129 cm³/mol. The molecule has 4 heterocycles. The van der Waals surface area contributed by atoms with Crippen molar-refractivity contribution >= 4 is 61.9 Å². The molecule has 14 heteroatoms. The standard InChI is InChI=1S/C20H17ClN6O4S3/c1-22-9-3-10-13(33-8-23-10)4-14(9)34-20-18(30-2)16(17(29)12(6-28)31-20)27-5-11(25-26-27)19-24-15(21)7-32-19/h3-5,7-8,12,16-18,20,28-29H,6H2,2H3/t12?,16-,17-,18?,20+/m0/s1. The molecule has 0 radical (unpaired) electrons. The number of aliphatic hydroxyl groups is 2. The molecule has 2 N–H and O–H groups in total. The van der Waals surface area contributed by atoms with Crippen LogP contribution in [0, 0.1) is 6.57 Å². The number of methoxy groups -OCH3 is 1. The zero-order valence-electron chi connectivity index (χ0n) is 17.5. The van der Waals surface area contributed by atoms with Crippen LogP contribution in [0.15, 0.2) is 34.1 Å². The Labute approximate surface area is 211 Å². The van der Waals surface area contributed by atoms with Crippen molar-refractivity contribution in [1.82, 2.24) is 25.0 Å². The number of fused-ring (bicyclic) bond motifs is 1. The van der Waals surface area contributed by atoms with E-state index in [-0.39, 0.29) is 0 Å². The molecule has 10 nitrogen and oxygen atoms in total. The number of rotatable bonds is 6. The Bertz CT molecular complexity index is 1350. The number of hydrogen-bond acceptors (Lipinski definition) is 11. The smallest absolute Gasteiger partial charge is 0.202 e. The van der Waals surface area contributed by atoms with Crippen LogP contribution in [0.25, 0.3) is 25.8 Å². The summed E-state index contributed by atoms with van der Waals surface area (Å²) in [6.45, 7) is 7.19. The maximum Gasteiger partial charge on any atom is 0.202 e. The summed E-state index contributed by atoms with van der Waals surface area (Å²) in [5.41, 5.74) is 2.78. The molecular formula is C20H17ClN6O4S3. The van der Waals surface area contributed by atoms with Gasteiger partial charge in [-0.3, -0.25) is 0 Å². The second-order valence-electron chi connectivity index (χ2n) is 7.34. The number of nitrogens with zero attached hydrogens (tertiary/aromatic N) is 6. The average Bonchev–Trinajstić information content (AvgIpc) is 3.59. The third-order valence-corrected chi connectivity index (χ3v) is 8.56. The highest BCUT2D eigenvalue weighted by molar-refractivity contribution is 8.00. The van der Waals surface area contributed by atoms with E-state index in [1.54, 1.807) is 23.2 Å². The Balaban J connectivity index is 1.49. The number of ether oxygens (including phenoxy) is 2. The van der Waals surface area contributed by atoms with Crippen LogP contribution in [0.3, 0.4) is 0 Å². The fourth-order valence-corrected chi connectivity index (χ4v) is 6.72.